The van der Waals surface area contributed by atoms with Crippen LogP contribution in [0.25, 0.3) is 27.2 Å². The van der Waals surface area contributed by atoms with Crippen molar-refractivity contribution < 1.29 is 37.0 Å². The molecule has 1 N–H and O–H groups in total. The number of halogens is 3. The summed E-state index contributed by atoms with van der Waals surface area (Å²) in [6, 6.07) is 17.4. The standard InChI is InChI=1S/C28H20F3N3O6S/c1-2-38-27(37)24-21-15-41-25(32-22(35)14-39-20-10-7-16-5-3-4-6-17(16)13-20)23(21)26(36)34(33-24)18-8-11-19(12-9-18)40-28(29,30)31/h3-13,15H,2,14H2,1H3,(H,32,35). The van der Waals surface area contributed by atoms with Gasteiger partial charge >= 0.3 is 12.3 Å². The molecule has 0 bridgehead atoms. The smallest absolute Gasteiger partial charge is 0.484 e. The summed E-state index contributed by atoms with van der Waals surface area (Å²) in [4.78, 5) is 39.0. The number of carbonyl (C=O) groups is 2. The molecule has 0 unspecified atom stereocenters. The Hall–Kier alpha value is -4.91. The van der Waals surface area contributed by atoms with Crippen LogP contribution >= 0.6 is 11.3 Å². The predicted octanol–water partition coefficient (Wildman–Crippen LogP) is 5.69. The van der Waals surface area contributed by atoms with Crippen molar-refractivity contribution in [2.24, 2.45) is 0 Å². The lowest BCUT2D eigenvalue weighted by Gasteiger charge is -2.12. The van der Waals surface area contributed by atoms with E-state index in [0.717, 1.165) is 38.9 Å². The maximum absolute atomic E-state index is 13.5. The minimum atomic E-state index is -4.89. The average Bonchev–Trinajstić information content (AvgIpc) is 3.36. The fourth-order valence-corrected chi connectivity index (χ4v) is 4.98. The van der Waals surface area contributed by atoms with E-state index in [4.69, 9.17) is 9.47 Å². The number of benzene rings is 3. The Bertz CT molecular complexity index is 1820. The Morgan fingerprint density at radius 2 is 1.71 bits per heavy atom. The molecule has 0 aliphatic carbocycles. The van der Waals surface area contributed by atoms with Crippen molar-refractivity contribution in [1.82, 2.24) is 9.78 Å². The molecule has 0 atom stereocenters. The highest BCUT2D eigenvalue weighted by molar-refractivity contribution is 7.16. The number of aromatic nitrogens is 2. The van der Waals surface area contributed by atoms with Gasteiger partial charge in [-0.25, -0.2) is 4.79 Å². The molecule has 0 aliphatic heterocycles. The number of thiophene rings is 1. The summed E-state index contributed by atoms with van der Waals surface area (Å²) in [7, 11) is 0. The number of hydrogen-bond acceptors (Lipinski definition) is 8. The predicted molar refractivity (Wildman–Crippen MR) is 146 cm³/mol. The Labute approximate surface area is 233 Å². The molecule has 9 nitrogen and oxygen atoms in total. The molecular weight excluding hydrogens is 563 g/mol. The van der Waals surface area contributed by atoms with E-state index in [1.165, 1.54) is 17.5 Å². The monoisotopic (exact) mass is 583 g/mol. The number of nitrogens with one attached hydrogen (secondary N) is 1. The highest BCUT2D eigenvalue weighted by Crippen LogP contribution is 2.31. The van der Waals surface area contributed by atoms with Crippen molar-refractivity contribution in [1.29, 1.82) is 0 Å². The second-order valence-electron chi connectivity index (χ2n) is 8.53. The molecule has 0 radical (unpaired) electrons. The summed E-state index contributed by atoms with van der Waals surface area (Å²) in [6.45, 7) is 1.27. The van der Waals surface area contributed by atoms with Crippen LogP contribution in [0.3, 0.4) is 0 Å². The summed E-state index contributed by atoms with van der Waals surface area (Å²) in [5, 5.41) is 10.5. The van der Waals surface area contributed by atoms with E-state index >= 15 is 0 Å². The first-order valence-corrected chi connectivity index (χ1v) is 13.0. The molecule has 5 rings (SSSR count). The minimum Gasteiger partial charge on any atom is -0.484 e. The van der Waals surface area contributed by atoms with Crippen LogP contribution < -0.4 is 20.3 Å². The quantitative estimate of drug-likeness (QED) is 0.234. The van der Waals surface area contributed by atoms with Crippen LogP contribution in [0.5, 0.6) is 11.5 Å². The average molecular weight is 584 g/mol. The Kier molecular flexibility index (Phi) is 7.62. The molecule has 13 heteroatoms. The molecule has 3 aromatic carbocycles. The zero-order valence-electron chi connectivity index (χ0n) is 21.2. The lowest BCUT2D eigenvalue weighted by atomic mass is 10.1. The molecule has 2 heterocycles. The second kappa shape index (κ2) is 11.3. The van der Waals surface area contributed by atoms with E-state index in [0.29, 0.717) is 5.75 Å². The number of hydrogen-bond donors (Lipinski definition) is 1. The summed E-state index contributed by atoms with van der Waals surface area (Å²) < 4.78 is 53.1. The Balaban J connectivity index is 1.45. The minimum absolute atomic E-state index is 0.0253. The molecular formula is C28H20F3N3O6S. The first-order valence-electron chi connectivity index (χ1n) is 12.1. The van der Waals surface area contributed by atoms with Crippen LogP contribution in [0.4, 0.5) is 18.2 Å². The van der Waals surface area contributed by atoms with Crippen LogP contribution in [0, 0.1) is 0 Å². The number of esters is 1. The second-order valence-corrected chi connectivity index (χ2v) is 9.41. The van der Waals surface area contributed by atoms with Gasteiger partial charge in [-0.15, -0.1) is 24.5 Å². The zero-order chi connectivity index (χ0) is 29.1. The lowest BCUT2D eigenvalue weighted by Crippen LogP contribution is -2.26. The molecule has 2 aromatic heterocycles. The van der Waals surface area contributed by atoms with E-state index in [1.54, 1.807) is 19.1 Å². The van der Waals surface area contributed by atoms with Gasteiger partial charge in [-0.2, -0.15) is 9.78 Å². The number of anilines is 1. The molecule has 0 saturated carbocycles. The van der Waals surface area contributed by atoms with Crippen LogP contribution in [0.1, 0.15) is 17.4 Å². The Morgan fingerprint density at radius 1 is 1.00 bits per heavy atom. The number of amides is 1. The van der Waals surface area contributed by atoms with E-state index in [1.807, 2.05) is 30.3 Å². The summed E-state index contributed by atoms with van der Waals surface area (Å²) in [6.07, 6.45) is -4.89. The zero-order valence-corrected chi connectivity index (χ0v) is 22.0. The van der Waals surface area contributed by atoms with E-state index in [2.05, 4.69) is 15.2 Å². The molecule has 0 fully saturated rings. The SMILES string of the molecule is CCOC(=O)c1nn(-c2ccc(OC(F)(F)F)cc2)c(=O)c2c(NC(=O)COc3ccc4ccccc4c3)scc12. The summed E-state index contributed by atoms with van der Waals surface area (Å²) in [5.74, 6) is -1.41. The third-order valence-corrected chi connectivity index (χ3v) is 6.68. The molecule has 41 heavy (non-hydrogen) atoms. The van der Waals surface area contributed by atoms with Gasteiger partial charge in [0.15, 0.2) is 12.3 Å². The van der Waals surface area contributed by atoms with Gasteiger partial charge in [0, 0.05) is 10.8 Å². The van der Waals surface area contributed by atoms with Gasteiger partial charge < -0.3 is 19.5 Å². The number of nitrogens with zero attached hydrogens (tertiary/aromatic N) is 2. The van der Waals surface area contributed by atoms with Gasteiger partial charge in [-0.05, 0) is 54.1 Å². The van der Waals surface area contributed by atoms with Crippen LogP contribution in [0.2, 0.25) is 0 Å². The number of alkyl halides is 3. The molecule has 1 amide bonds. The van der Waals surface area contributed by atoms with Gasteiger partial charge in [-0.1, -0.05) is 30.3 Å². The lowest BCUT2D eigenvalue weighted by molar-refractivity contribution is -0.274. The summed E-state index contributed by atoms with van der Waals surface area (Å²) >= 11 is 0.998. The molecule has 0 saturated heterocycles. The largest absolute Gasteiger partial charge is 0.573 e. The van der Waals surface area contributed by atoms with Gasteiger partial charge in [0.2, 0.25) is 0 Å². The number of carbonyl (C=O) groups excluding carboxylic acids is 2. The van der Waals surface area contributed by atoms with Crippen LogP contribution in [-0.4, -0.2) is 41.2 Å². The molecule has 0 aliphatic rings. The van der Waals surface area contributed by atoms with Crippen LogP contribution in [0.15, 0.2) is 76.9 Å². The maximum atomic E-state index is 13.5. The van der Waals surface area contributed by atoms with Crippen molar-refractivity contribution in [2.75, 3.05) is 18.5 Å². The first kappa shape index (κ1) is 27.6. The van der Waals surface area contributed by atoms with Crippen molar-refractivity contribution in [2.45, 2.75) is 13.3 Å². The van der Waals surface area contributed by atoms with Gasteiger partial charge in [0.25, 0.3) is 11.5 Å². The fourth-order valence-electron chi connectivity index (χ4n) is 4.02. The Morgan fingerprint density at radius 3 is 2.41 bits per heavy atom. The normalized spacial score (nSPS) is 11.4. The van der Waals surface area contributed by atoms with Gasteiger partial charge in [0.05, 0.1) is 17.7 Å². The third kappa shape index (κ3) is 6.14. The van der Waals surface area contributed by atoms with Gasteiger partial charge in [0.1, 0.15) is 16.5 Å². The maximum Gasteiger partial charge on any atom is 0.573 e. The van der Waals surface area contributed by atoms with E-state index in [-0.39, 0.29) is 40.4 Å². The molecule has 0 spiro atoms. The molecule has 5 aromatic rings. The number of fused-ring (bicyclic) bond motifs is 2. The van der Waals surface area contributed by atoms with Crippen LogP contribution in [-0.2, 0) is 9.53 Å². The fraction of sp³-hybridized carbons (Fsp3) is 0.143. The van der Waals surface area contributed by atoms with E-state index < -0.39 is 29.5 Å². The van der Waals surface area contributed by atoms with Crippen molar-refractivity contribution in [3.05, 3.63) is 88.2 Å². The van der Waals surface area contributed by atoms with Crippen molar-refractivity contribution in [3.63, 3.8) is 0 Å². The molecule has 210 valence electrons. The summed E-state index contributed by atoms with van der Waals surface area (Å²) in [5.41, 5.74) is -0.870. The topological polar surface area (TPSA) is 109 Å². The number of ether oxygens (including phenoxy) is 3. The van der Waals surface area contributed by atoms with Gasteiger partial charge in [-0.3, -0.25) is 9.59 Å². The number of rotatable bonds is 8. The first-order chi connectivity index (χ1) is 19.6. The highest BCUT2D eigenvalue weighted by Gasteiger charge is 2.31. The highest BCUT2D eigenvalue weighted by atomic mass is 32.1. The third-order valence-electron chi connectivity index (χ3n) is 5.78. The van der Waals surface area contributed by atoms with Crippen molar-refractivity contribution >= 4 is 49.8 Å². The van der Waals surface area contributed by atoms with Crippen molar-refractivity contribution in [3.8, 4) is 17.2 Å². The van der Waals surface area contributed by atoms with E-state index in [9.17, 15) is 27.6 Å².